The van der Waals surface area contributed by atoms with Gasteiger partial charge in [0.15, 0.2) is 0 Å². The van der Waals surface area contributed by atoms with Crippen LogP contribution in [0.15, 0.2) is 66.7 Å². The molecule has 3 aromatic carbocycles. The predicted octanol–water partition coefficient (Wildman–Crippen LogP) is 3.32. The molecule has 0 heterocycles. The molecule has 3 amide bonds. The summed E-state index contributed by atoms with van der Waals surface area (Å²) >= 11 is 12.0. The first-order valence-electron chi connectivity index (χ1n) is 11.4. The van der Waals surface area contributed by atoms with Crippen molar-refractivity contribution in [2.45, 2.75) is 20.0 Å². The minimum Gasteiger partial charge on any atom is -0.339 e. The molecule has 0 aromatic heterocycles. The SMILES string of the molecule is C.NC[C@H](NC(=O)c1ccc(C#Cc2ccc(NC(=O)CNCc3cc(Cl)cc(Cl)c3)cc2)cc1)C(=O)NO. The Hall–Kier alpha value is -3.91. The molecular weight excluding hydrogens is 541 g/mol. The molecule has 11 heteroatoms. The standard InChI is InChI=1S/C27H25Cl2N5O4.CH4/c28-21-11-19(12-22(29)13-21)15-31-16-25(35)32-23-9-5-18(6-10-23)2-1-17-3-7-20(8-4-17)26(36)33-24(14-30)27(37)34-38;/h3-13,24,31,38H,14-16,30H2,(H,32,35)(H,33,36)(H,34,37);1H4/t24-;/m0./s1. The summed E-state index contributed by atoms with van der Waals surface area (Å²) in [7, 11) is 0. The second kappa shape index (κ2) is 15.5. The fourth-order valence-corrected chi connectivity index (χ4v) is 3.85. The van der Waals surface area contributed by atoms with Crippen molar-refractivity contribution in [3.05, 3.63) is 99.0 Å². The smallest absolute Gasteiger partial charge is 0.267 e. The lowest BCUT2D eigenvalue weighted by Gasteiger charge is -2.14. The highest BCUT2D eigenvalue weighted by molar-refractivity contribution is 6.34. The molecule has 3 rings (SSSR count). The van der Waals surface area contributed by atoms with Crippen molar-refractivity contribution in [3.8, 4) is 11.8 Å². The van der Waals surface area contributed by atoms with Crippen LogP contribution in [0.1, 0.15) is 34.5 Å². The van der Waals surface area contributed by atoms with Crippen molar-refractivity contribution in [3.63, 3.8) is 0 Å². The number of benzene rings is 3. The van der Waals surface area contributed by atoms with E-state index in [1.165, 1.54) is 5.48 Å². The topological polar surface area (TPSA) is 146 Å². The monoisotopic (exact) mass is 569 g/mol. The summed E-state index contributed by atoms with van der Waals surface area (Å²) in [6, 6.07) is 17.7. The quantitative estimate of drug-likeness (QED) is 0.132. The maximum absolute atomic E-state index is 12.3. The molecule has 0 spiro atoms. The number of carbonyl (C=O) groups is 3. The van der Waals surface area contributed by atoms with Crippen LogP contribution in [-0.2, 0) is 16.1 Å². The van der Waals surface area contributed by atoms with Crippen LogP contribution in [0.3, 0.4) is 0 Å². The predicted molar refractivity (Wildman–Crippen MR) is 153 cm³/mol. The molecule has 204 valence electrons. The summed E-state index contributed by atoms with van der Waals surface area (Å²) in [4.78, 5) is 35.9. The van der Waals surface area contributed by atoms with Crippen molar-refractivity contribution in [2.75, 3.05) is 18.4 Å². The normalized spacial score (nSPS) is 10.8. The summed E-state index contributed by atoms with van der Waals surface area (Å²) in [5.41, 5.74) is 10.1. The van der Waals surface area contributed by atoms with Gasteiger partial charge in [-0.15, -0.1) is 0 Å². The highest BCUT2D eigenvalue weighted by Crippen LogP contribution is 2.18. The molecule has 39 heavy (non-hydrogen) atoms. The lowest BCUT2D eigenvalue weighted by Crippen LogP contribution is -2.50. The molecule has 1 atom stereocenters. The molecule has 0 saturated heterocycles. The lowest BCUT2D eigenvalue weighted by molar-refractivity contribution is -0.130. The van der Waals surface area contributed by atoms with E-state index >= 15 is 0 Å². The van der Waals surface area contributed by atoms with Gasteiger partial charge >= 0.3 is 0 Å². The van der Waals surface area contributed by atoms with E-state index in [0.29, 0.717) is 33.4 Å². The molecule has 0 saturated carbocycles. The molecule has 0 unspecified atom stereocenters. The van der Waals surface area contributed by atoms with Gasteiger partial charge in [-0.2, -0.15) is 0 Å². The fourth-order valence-electron chi connectivity index (χ4n) is 3.28. The van der Waals surface area contributed by atoms with Crippen molar-refractivity contribution >= 4 is 46.6 Å². The number of hydrogen-bond donors (Lipinski definition) is 6. The van der Waals surface area contributed by atoms with Crippen LogP contribution in [0, 0.1) is 11.8 Å². The Bertz CT molecular complexity index is 1330. The first kappa shape index (κ1) is 31.3. The molecule has 3 aromatic rings. The summed E-state index contributed by atoms with van der Waals surface area (Å²) < 4.78 is 0. The van der Waals surface area contributed by atoms with E-state index < -0.39 is 17.9 Å². The molecule has 0 aliphatic carbocycles. The van der Waals surface area contributed by atoms with Gasteiger partial charge in [-0.25, -0.2) is 5.48 Å². The number of halogens is 2. The molecule has 0 fully saturated rings. The van der Waals surface area contributed by atoms with Gasteiger partial charge in [-0.05, 0) is 72.3 Å². The Labute approximate surface area is 237 Å². The number of hydrogen-bond acceptors (Lipinski definition) is 6. The maximum atomic E-state index is 12.3. The third-order valence-electron chi connectivity index (χ3n) is 5.17. The van der Waals surface area contributed by atoms with Crippen molar-refractivity contribution in [1.82, 2.24) is 16.1 Å². The minimum atomic E-state index is -1.05. The van der Waals surface area contributed by atoms with Crippen molar-refractivity contribution in [1.29, 1.82) is 0 Å². The van der Waals surface area contributed by atoms with Gasteiger partial charge in [-0.1, -0.05) is 42.5 Å². The van der Waals surface area contributed by atoms with Gasteiger partial charge in [0.2, 0.25) is 5.91 Å². The zero-order valence-corrected chi connectivity index (χ0v) is 21.6. The van der Waals surface area contributed by atoms with Crippen molar-refractivity contribution < 1.29 is 19.6 Å². The maximum Gasteiger partial charge on any atom is 0.267 e. The summed E-state index contributed by atoms with van der Waals surface area (Å²) in [5, 5.41) is 18.1. The highest BCUT2D eigenvalue weighted by atomic mass is 35.5. The van der Waals surface area contributed by atoms with Crippen LogP contribution >= 0.6 is 23.2 Å². The number of nitrogens with two attached hydrogens (primary N) is 1. The van der Waals surface area contributed by atoms with E-state index in [1.54, 1.807) is 66.7 Å². The number of carbonyl (C=O) groups excluding carboxylic acids is 3. The van der Waals surface area contributed by atoms with Gasteiger partial charge in [0.1, 0.15) is 6.04 Å². The van der Waals surface area contributed by atoms with Crippen LogP contribution < -0.4 is 27.2 Å². The zero-order valence-electron chi connectivity index (χ0n) is 20.1. The van der Waals surface area contributed by atoms with Crippen LogP contribution in [0.4, 0.5) is 5.69 Å². The van der Waals surface area contributed by atoms with Crippen LogP contribution in [0.25, 0.3) is 0 Å². The zero-order chi connectivity index (χ0) is 27.5. The Balaban J connectivity index is 0.00000533. The molecule has 0 aliphatic heterocycles. The summed E-state index contributed by atoms with van der Waals surface area (Å²) in [5.74, 6) is 4.52. The Morgan fingerprint density at radius 1 is 0.897 bits per heavy atom. The Morgan fingerprint density at radius 3 is 2.00 bits per heavy atom. The number of amides is 3. The minimum absolute atomic E-state index is 0. The number of rotatable bonds is 9. The largest absolute Gasteiger partial charge is 0.339 e. The van der Waals surface area contributed by atoms with E-state index in [4.69, 9.17) is 34.1 Å². The van der Waals surface area contributed by atoms with Crippen LogP contribution in [0.5, 0.6) is 0 Å². The number of nitrogens with one attached hydrogen (secondary N) is 4. The second-order valence-corrected chi connectivity index (χ2v) is 8.94. The number of hydroxylamine groups is 1. The Morgan fingerprint density at radius 2 is 1.46 bits per heavy atom. The van der Waals surface area contributed by atoms with E-state index in [0.717, 1.165) is 11.1 Å². The first-order valence-corrected chi connectivity index (χ1v) is 12.2. The van der Waals surface area contributed by atoms with Gasteiger partial charge in [-0.3, -0.25) is 19.6 Å². The Kier molecular flexibility index (Phi) is 12.4. The van der Waals surface area contributed by atoms with E-state index in [1.807, 2.05) is 0 Å². The third-order valence-corrected chi connectivity index (χ3v) is 5.61. The third kappa shape index (κ3) is 10.1. The number of anilines is 1. The average Bonchev–Trinajstić information content (AvgIpc) is 2.90. The van der Waals surface area contributed by atoms with Crippen LogP contribution in [0.2, 0.25) is 10.0 Å². The van der Waals surface area contributed by atoms with Gasteiger partial charge < -0.3 is 21.7 Å². The molecule has 0 radical (unpaired) electrons. The van der Waals surface area contributed by atoms with Gasteiger partial charge in [0.25, 0.3) is 11.8 Å². The average molecular weight is 570 g/mol. The summed E-state index contributed by atoms with van der Waals surface area (Å²) in [6.45, 7) is 0.394. The molecule has 0 aliphatic rings. The lowest BCUT2D eigenvalue weighted by atomic mass is 10.1. The second-order valence-electron chi connectivity index (χ2n) is 8.07. The highest BCUT2D eigenvalue weighted by Gasteiger charge is 2.19. The van der Waals surface area contributed by atoms with Gasteiger partial charge in [0, 0.05) is 45.5 Å². The van der Waals surface area contributed by atoms with E-state index in [2.05, 4.69) is 27.8 Å². The van der Waals surface area contributed by atoms with E-state index in [-0.39, 0.29) is 26.4 Å². The molecule has 9 nitrogen and oxygen atoms in total. The molecule has 7 N–H and O–H groups in total. The van der Waals surface area contributed by atoms with Gasteiger partial charge in [0.05, 0.1) is 6.54 Å². The first-order chi connectivity index (χ1) is 18.3. The van der Waals surface area contributed by atoms with Crippen molar-refractivity contribution in [2.24, 2.45) is 5.73 Å². The fraction of sp³-hybridized carbons (Fsp3) is 0.179. The van der Waals surface area contributed by atoms with E-state index in [9.17, 15) is 14.4 Å². The molecule has 0 bridgehead atoms. The van der Waals surface area contributed by atoms with Crippen LogP contribution in [-0.4, -0.2) is 42.1 Å². The molecular formula is C28H29Cl2N5O4. The summed E-state index contributed by atoms with van der Waals surface area (Å²) in [6.07, 6.45) is 0.